The highest BCUT2D eigenvalue weighted by Crippen LogP contribution is 2.29. The first-order valence-electron chi connectivity index (χ1n) is 39.0. The smallest absolute Gasteiger partial charge is 0.339 e. The Hall–Kier alpha value is -14.8. The van der Waals surface area contributed by atoms with Gasteiger partial charge in [-0.15, -0.1) is 4.91 Å². The molecule has 0 aliphatic rings. The van der Waals surface area contributed by atoms with E-state index in [1.165, 1.54) is 69.7 Å². The van der Waals surface area contributed by atoms with Crippen LogP contribution in [0.25, 0.3) is 22.7 Å². The minimum Gasteiger partial charge on any atom is -0.510 e. The third-order valence-corrected chi connectivity index (χ3v) is 19.8. The molecule has 0 saturated heterocycles. The second-order valence-corrected chi connectivity index (χ2v) is 29.1. The van der Waals surface area contributed by atoms with E-state index in [1.807, 2.05) is 142 Å². The van der Waals surface area contributed by atoms with Gasteiger partial charge in [0.25, 0.3) is 0 Å². The van der Waals surface area contributed by atoms with Gasteiger partial charge in [0.2, 0.25) is 0 Å². The molecule has 0 aliphatic heterocycles. The van der Waals surface area contributed by atoms with Crippen molar-refractivity contribution in [3.8, 4) is 45.7 Å². The number of carboxylic acids is 2. The molecule has 0 radical (unpaired) electrons. The van der Waals surface area contributed by atoms with Crippen molar-refractivity contribution in [3.05, 3.63) is 328 Å². The Morgan fingerprint density at radius 2 is 0.754 bits per heavy atom. The number of allylic oxidation sites excluding steroid dienone is 2. The summed E-state index contributed by atoms with van der Waals surface area (Å²) in [5.41, 5.74) is 32.3. The van der Waals surface area contributed by atoms with Crippen LogP contribution < -0.4 is 25.7 Å². The minimum atomic E-state index is -0.964. The topological polar surface area (TPSA) is 442 Å². The van der Waals surface area contributed by atoms with Crippen molar-refractivity contribution >= 4 is 62.7 Å². The molecule has 658 valence electrons. The number of carbonyl (C=O) groups excluding carboxylic acids is 5. The molecule has 0 atom stereocenters. The van der Waals surface area contributed by atoms with E-state index in [2.05, 4.69) is 97.4 Å². The van der Waals surface area contributed by atoms with Crippen molar-refractivity contribution in [2.75, 3.05) is 34.2 Å². The van der Waals surface area contributed by atoms with E-state index in [0.717, 1.165) is 120 Å². The summed E-state index contributed by atoms with van der Waals surface area (Å²) in [5, 5.41) is 57.2. The predicted octanol–water partition coefficient (Wildman–Crippen LogP) is 16.6. The molecule has 5 aromatic carbocycles. The van der Waals surface area contributed by atoms with Crippen LogP contribution in [0.15, 0.2) is 216 Å². The largest absolute Gasteiger partial charge is 0.510 e. The van der Waals surface area contributed by atoms with Crippen LogP contribution in [0.4, 0.5) is 5.69 Å². The number of anilines is 1. The van der Waals surface area contributed by atoms with E-state index in [-0.39, 0.29) is 52.4 Å². The number of phenols is 1. The number of aryl methyl sites for hydroxylation is 5. The highest BCUT2D eigenvalue weighted by atomic mass is 79.9. The predicted molar refractivity (Wildman–Crippen MR) is 483 cm³/mol. The number of pyridine rings is 4. The lowest BCUT2D eigenvalue weighted by molar-refractivity contribution is -0.124. The third kappa shape index (κ3) is 28.7. The number of ketones is 4. The number of methoxy groups -OCH3 is 4. The number of rotatable bonds is 22. The van der Waals surface area contributed by atoms with Crippen LogP contribution in [0.1, 0.15) is 173 Å². The average molecular weight is 1780 g/mol. The molecule has 0 unspecified atom stereocenters. The Kier molecular flexibility index (Phi) is 38.7. The standard InChI is InChI=1S/C20H21N3O2.C19H19N3O3.C18H17N3O3.C12H15N3O.C8H11N.C7H6BrNO2.C5H7NO3.C5H8O2/c1-13-20(11-16-12-21-10-9-19(16)15(3)24)14(2)23(22-13)17-5-7-18(25-4)8-6-17;1-12-18(10-14-11-20-9-8-17(14)19(23)24)13(2)22(21-12)15-4-6-16(25-3)7-5-15;1-11-17(9-13-10-19-8-7-16(13)18(23)24)12(2)21(20-11)14-3-5-15(22)6-4-14;1-8-12(13)9(2)15(14-8)10-4-6-11(16-3)7-5-10;1-7-2-4-8(6-9)5-3-7;1-11-7(10)5-2-3-9-4-6(5)8;1-3(7)5(6-9)4(2)8;1-4(6)3-5(2)7/h5-10,12H,11H2,1-4H3;4-9,11H,10H2,1-3H3,(H,23,24);3-8,10,22H,9H2,1-2H3,(H,23,24);4-7H,13H2,1-3H3;2-5H,6,9H2,1H3;2-4H,1H3;7H,1-2H3;3H2,1-2H3. The number of benzene rings is 5. The lowest BCUT2D eigenvalue weighted by Crippen LogP contribution is -2.05. The zero-order chi connectivity index (χ0) is 93.2. The summed E-state index contributed by atoms with van der Waals surface area (Å²) in [7, 11) is 6.27. The van der Waals surface area contributed by atoms with E-state index in [1.54, 1.807) is 100 Å². The van der Waals surface area contributed by atoms with Crippen molar-refractivity contribution in [3.63, 3.8) is 0 Å². The molecule has 0 saturated carbocycles. The highest BCUT2D eigenvalue weighted by Gasteiger charge is 2.22. The summed E-state index contributed by atoms with van der Waals surface area (Å²) < 4.78 is 28.1. The van der Waals surface area contributed by atoms with Gasteiger partial charge in [0, 0.05) is 122 Å². The van der Waals surface area contributed by atoms with Crippen LogP contribution in [0.5, 0.6) is 23.0 Å². The summed E-state index contributed by atoms with van der Waals surface area (Å²) >= 11 is 3.17. The summed E-state index contributed by atoms with van der Waals surface area (Å²) in [6, 6.07) is 44.6. The van der Waals surface area contributed by atoms with Crippen LogP contribution in [0.2, 0.25) is 0 Å². The number of hydrogen-bond donors (Lipinski definition) is 6. The second kappa shape index (κ2) is 48.7. The van der Waals surface area contributed by atoms with Crippen molar-refractivity contribution < 1.29 is 72.9 Å². The summed E-state index contributed by atoms with van der Waals surface area (Å²) in [4.78, 5) is 102. The molecular weight excluding hydrogens is 1680 g/mol. The van der Waals surface area contributed by atoms with E-state index < -0.39 is 23.4 Å². The number of Topliss-reactive ketones (excluding diaryl/α,β-unsaturated/α-hetero) is 4. The number of nitrogens with zero attached hydrogens (tertiary/aromatic N) is 13. The van der Waals surface area contributed by atoms with Crippen molar-refractivity contribution in [2.24, 2.45) is 10.9 Å². The molecule has 126 heavy (non-hydrogen) atoms. The Balaban J connectivity index is 0.000000231. The Morgan fingerprint density at radius 1 is 0.429 bits per heavy atom. The number of nitroso groups, excluding NO2 is 1. The summed E-state index contributed by atoms with van der Waals surface area (Å²) in [5.74, 6) is -0.583. The van der Waals surface area contributed by atoms with Crippen LogP contribution in [-0.2, 0) is 44.9 Å². The molecular formula is C94H104BrN15O16. The summed E-state index contributed by atoms with van der Waals surface area (Å²) in [6.07, 6.45) is 14.3. The van der Waals surface area contributed by atoms with Crippen LogP contribution in [0.3, 0.4) is 0 Å². The number of aromatic carboxylic acids is 2. The SMILES string of the molecule is CC(=O)C(N=O)=C(C)O.CC(=O)CC(C)=O.COC(=O)c1ccncc1Br.COc1ccc(-n2nc(C)c(Cc3cnccc3C(=O)O)c2C)cc1.COc1ccc(-n2nc(C)c(Cc3cnccc3C(C)=O)c2C)cc1.COc1ccc(-n2nc(C)c(N)c2C)cc1.Cc1ccc(CN)cc1.Cc1nn(-c2ccc(O)cc2)c(C)c1Cc1cnccc1C(=O)O. The number of ether oxygens (including phenoxy) is 4. The fourth-order valence-corrected chi connectivity index (χ4v) is 12.8. The Labute approximate surface area is 738 Å². The highest BCUT2D eigenvalue weighted by molar-refractivity contribution is 9.10. The average Bonchev–Trinajstić information content (AvgIpc) is 1.67. The quantitative estimate of drug-likeness (QED) is 0.00916. The van der Waals surface area contributed by atoms with Gasteiger partial charge in [0.05, 0.1) is 113 Å². The fourth-order valence-electron chi connectivity index (χ4n) is 12.4. The van der Waals surface area contributed by atoms with Crippen molar-refractivity contribution in [2.45, 2.75) is 129 Å². The molecule has 0 fully saturated rings. The second-order valence-electron chi connectivity index (χ2n) is 28.3. The molecule has 0 amide bonds. The van der Waals surface area contributed by atoms with Gasteiger partial charge in [0.1, 0.15) is 40.3 Å². The molecule has 0 aliphatic carbocycles. The molecule has 13 aromatic rings. The number of aromatic hydroxyl groups is 1. The molecule has 8 heterocycles. The first kappa shape index (κ1) is 100. The maximum atomic E-state index is 11.9. The summed E-state index contributed by atoms with van der Waals surface area (Å²) in [6.45, 7) is 25.2. The first-order chi connectivity index (χ1) is 59.9. The Bertz CT molecular complexity index is 5770. The number of carboxylic acid groups (broad SMARTS) is 2. The normalized spacial score (nSPS) is 10.4. The lowest BCUT2D eigenvalue weighted by atomic mass is 9.99. The Morgan fingerprint density at radius 3 is 1.02 bits per heavy atom. The number of nitrogen functional groups attached to an aromatic ring is 1. The van der Waals surface area contributed by atoms with Gasteiger partial charge in [0.15, 0.2) is 17.3 Å². The first-order valence-corrected chi connectivity index (χ1v) is 39.8. The van der Waals surface area contributed by atoms with Crippen molar-refractivity contribution in [1.82, 2.24) is 59.1 Å². The zero-order valence-corrected chi connectivity index (χ0v) is 75.1. The number of aromatic nitrogens is 12. The van der Waals surface area contributed by atoms with Gasteiger partial charge in [-0.3, -0.25) is 39.1 Å². The molecule has 8 aromatic heterocycles. The van der Waals surface area contributed by atoms with Gasteiger partial charge in [-0.1, -0.05) is 29.8 Å². The van der Waals surface area contributed by atoms with E-state index in [9.17, 15) is 53.8 Å². The maximum absolute atomic E-state index is 11.9. The monoisotopic (exact) mass is 1780 g/mol. The maximum Gasteiger partial charge on any atom is 0.339 e. The molecule has 8 N–H and O–H groups in total. The van der Waals surface area contributed by atoms with E-state index in [0.29, 0.717) is 52.5 Å². The van der Waals surface area contributed by atoms with Gasteiger partial charge in [-0.25, -0.2) is 33.1 Å². The fraction of sp³-hybridized carbons (Fsp3) is 0.245. The van der Waals surface area contributed by atoms with E-state index in [4.69, 9.17) is 30.8 Å². The van der Waals surface area contributed by atoms with Gasteiger partial charge >= 0.3 is 17.9 Å². The lowest BCUT2D eigenvalue weighted by Gasteiger charge is -2.08. The van der Waals surface area contributed by atoms with E-state index >= 15 is 0 Å². The minimum absolute atomic E-state index is 0.0512. The number of phenolic OH excluding ortho intramolecular Hbond substituents is 1. The zero-order valence-electron chi connectivity index (χ0n) is 73.5. The number of hydrogen-bond acceptors (Lipinski definition) is 25. The van der Waals surface area contributed by atoms with Crippen LogP contribution >= 0.6 is 15.9 Å². The molecule has 32 heteroatoms. The molecule has 0 bridgehead atoms. The number of halogens is 1. The molecule has 0 spiro atoms. The number of aliphatic hydroxyl groups is 1. The van der Waals surface area contributed by atoms with Gasteiger partial charge < -0.3 is 50.8 Å². The molecule has 13 rings (SSSR count). The van der Waals surface area contributed by atoms with Crippen molar-refractivity contribution in [1.29, 1.82) is 0 Å². The number of carbonyl (C=O) groups is 7. The number of esters is 1. The van der Waals surface area contributed by atoms with Crippen LogP contribution in [-0.4, -0.2) is 149 Å². The van der Waals surface area contributed by atoms with Crippen LogP contribution in [0, 0.1) is 67.2 Å². The van der Waals surface area contributed by atoms with Gasteiger partial charge in [-0.2, -0.15) is 20.4 Å². The van der Waals surface area contributed by atoms with Gasteiger partial charge in [-0.05, 0) is 255 Å². The molecule has 31 nitrogen and oxygen atoms in total. The third-order valence-electron chi connectivity index (χ3n) is 19.2. The number of aliphatic hydroxyl groups excluding tert-OH is 1. The number of nitrogens with two attached hydrogens (primary N) is 2.